The first-order valence-electron chi connectivity index (χ1n) is 9.51. The van der Waals surface area contributed by atoms with Crippen molar-refractivity contribution < 1.29 is 18.9 Å². The number of amides is 1. The summed E-state index contributed by atoms with van der Waals surface area (Å²) in [7, 11) is 0. The van der Waals surface area contributed by atoms with Crippen molar-refractivity contribution in [2.75, 3.05) is 5.32 Å². The molecule has 3 rings (SSSR count). The van der Waals surface area contributed by atoms with Crippen molar-refractivity contribution >= 4 is 35.0 Å². The largest absolute Gasteiger partial charge is 0.491 e. The molecule has 9 heteroatoms. The molecule has 1 aromatic heterocycles. The van der Waals surface area contributed by atoms with Crippen molar-refractivity contribution in [3.05, 3.63) is 81.1 Å². The molecule has 1 amide bonds. The fraction of sp³-hybridized carbons (Fsp3) is 0.130. The summed E-state index contributed by atoms with van der Waals surface area (Å²) in [6, 6.07) is 15.9. The van der Waals surface area contributed by atoms with Crippen LogP contribution in [-0.4, -0.2) is 16.9 Å². The van der Waals surface area contributed by atoms with E-state index in [0.29, 0.717) is 22.8 Å². The van der Waals surface area contributed by atoms with Gasteiger partial charge in [-0.05, 0) is 44.2 Å². The van der Waals surface area contributed by atoms with E-state index in [1.54, 1.807) is 36.4 Å². The molecule has 0 fully saturated rings. The van der Waals surface area contributed by atoms with Crippen molar-refractivity contribution in [3.8, 4) is 23.1 Å². The van der Waals surface area contributed by atoms with Crippen molar-refractivity contribution in [1.82, 2.24) is 0 Å². The number of rotatable bonds is 7. The normalized spacial score (nSPS) is 11.2. The van der Waals surface area contributed by atoms with Crippen molar-refractivity contribution in [2.24, 2.45) is 0 Å². The summed E-state index contributed by atoms with van der Waals surface area (Å²) in [5.74, 6) is 0.571. The Hall–Kier alpha value is -4.09. The number of non-ortho nitro benzene ring substituents is 1. The van der Waals surface area contributed by atoms with Gasteiger partial charge in [0, 0.05) is 35.5 Å². The third-order valence-corrected chi connectivity index (χ3v) is 4.48. The Morgan fingerprint density at radius 1 is 1.25 bits per heavy atom. The number of halogens is 1. The summed E-state index contributed by atoms with van der Waals surface area (Å²) >= 11 is 6.13. The number of nitrogens with zero attached hydrogens (tertiary/aromatic N) is 2. The van der Waals surface area contributed by atoms with Gasteiger partial charge < -0.3 is 14.5 Å². The number of nitriles is 1. The topological polar surface area (TPSA) is 118 Å². The highest BCUT2D eigenvalue weighted by atomic mass is 35.5. The Labute approximate surface area is 188 Å². The van der Waals surface area contributed by atoms with E-state index in [9.17, 15) is 20.2 Å². The second kappa shape index (κ2) is 9.81. The van der Waals surface area contributed by atoms with Gasteiger partial charge in [-0.3, -0.25) is 14.9 Å². The standard InChI is InChI=1S/C23H18ClN3O5/c1-14(2)31-18-5-3-4-16(11-18)26-23(28)15(13-25)10-19-7-9-22(32-19)20-8-6-17(27(29)30)12-21(20)24/h3-12,14H,1-2H3,(H,26,28)/b15-10-. The SMILES string of the molecule is CC(C)Oc1cccc(NC(=O)/C(C#N)=C\c2ccc(-c3ccc([N+](=O)[O-])cc3Cl)o2)c1. The van der Waals surface area contributed by atoms with Crippen LogP contribution in [0.4, 0.5) is 11.4 Å². The molecule has 8 nitrogen and oxygen atoms in total. The lowest BCUT2D eigenvalue weighted by Crippen LogP contribution is -2.13. The van der Waals surface area contributed by atoms with Crippen molar-refractivity contribution in [3.63, 3.8) is 0 Å². The zero-order valence-corrected chi connectivity index (χ0v) is 17.9. The lowest BCUT2D eigenvalue weighted by atomic mass is 10.1. The molecule has 0 aliphatic heterocycles. The molecular formula is C23H18ClN3O5. The second-order valence-electron chi connectivity index (χ2n) is 6.94. The van der Waals surface area contributed by atoms with Crippen LogP contribution in [-0.2, 0) is 4.79 Å². The first-order chi connectivity index (χ1) is 15.3. The summed E-state index contributed by atoms with van der Waals surface area (Å²) in [6.07, 6.45) is 1.28. The highest BCUT2D eigenvalue weighted by Gasteiger charge is 2.15. The quantitative estimate of drug-likeness (QED) is 0.208. The van der Waals surface area contributed by atoms with E-state index >= 15 is 0 Å². The number of furan rings is 1. The third-order valence-electron chi connectivity index (χ3n) is 4.17. The average Bonchev–Trinajstić information content (AvgIpc) is 3.19. The third kappa shape index (κ3) is 5.53. The monoisotopic (exact) mass is 451 g/mol. The lowest BCUT2D eigenvalue weighted by Gasteiger charge is -2.11. The number of nitrogens with one attached hydrogen (secondary N) is 1. The van der Waals surface area contributed by atoms with Gasteiger partial charge in [0.2, 0.25) is 0 Å². The maximum Gasteiger partial charge on any atom is 0.270 e. The molecule has 0 aliphatic carbocycles. The van der Waals surface area contributed by atoms with Gasteiger partial charge in [0.05, 0.1) is 16.0 Å². The van der Waals surface area contributed by atoms with Crippen LogP contribution >= 0.6 is 11.6 Å². The molecule has 0 saturated heterocycles. The average molecular weight is 452 g/mol. The summed E-state index contributed by atoms with van der Waals surface area (Å²) in [4.78, 5) is 22.9. The maximum absolute atomic E-state index is 12.5. The molecule has 32 heavy (non-hydrogen) atoms. The van der Waals surface area contributed by atoms with Gasteiger partial charge in [0.25, 0.3) is 11.6 Å². The van der Waals surface area contributed by atoms with Gasteiger partial charge in [-0.1, -0.05) is 17.7 Å². The first-order valence-corrected chi connectivity index (χ1v) is 9.88. The van der Waals surface area contributed by atoms with E-state index in [-0.39, 0.29) is 28.1 Å². The minimum atomic E-state index is -0.611. The molecule has 0 atom stereocenters. The Morgan fingerprint density at radius 2 is 2.03 bits per heavy atom. The Bertz CT molecular complexity index is 1240. The molecule has 0 unspecified atom stereocenters. The fourth-order valence-electron chi connectivity index (χ4n) is 2.80. The van der Waals surface area contributed by atoms with Crippen molar-refractivity contribution in [2.45, 2.75) is 20.0 Å². The number of ether oxygens (including phenoxy) is 1. The van der Waals surface area contributed by atoms with Crippen molar-refractivity contribution in [1.29, 1.82) is 5.26 Å². The fourth-order valence-corrected chi connectivity index (χ4v) is 3.07. The minimum Gasteiger partial charge on any atom is -0.491 e. The van der Waals surface area contributed by atoms with Gasteiger partial charge in [-0.2, -0.15) is 5.26 Å². The van der Waals surface area contributed by atoms with E-state index < -0.39 is 10.8 Å². The summed E-state index contributed by atoms with van der Waals surface area (Å²) in [5.41, 5.74) is 0.613. The summed E-state index contributed by atoms with van der Waals surface area (Å²) < 4.78 is 11.3. The van der Waals surface area contributed by atoms with Crippen LogP contribution in [0, 0.1) is 21.4 Å². The number of anilines is 1. The molecule has 3 aromatic rings. The van der Waals surface area contributed by atoms with Crippen LogP contribution in [0.1, 0.15) is 19.6 Å². The number of hydrogen-bond donors (Lipinski definition) is 1. The molecule has 0 radical (unpaired) electrons. The first kappa shape index (κ1) is 22.6. The van der Waals surface area contributed by atoms with Crippen LogP contribution < -0.4 is 10.1 Å². The van der Waals surface area contributed by atoms with Crippen LogP contribution in [0.3, 0.4) is 0 Å². The van der Waals surface area contributed by atoms with Gasteiger partial charge in [-0.15, -0.1) is 0 Å². The number of nitro benzene ring substituents is 1. The second-order valence-corrected chi connectivity index (χ2v) is 7.35. The summed E-state index contributed by atoms with van der Waals surface area (Å²) in [6.45, 7) is 3.78. The highest BCUT2D eigenvalue weighted by Crippen LogP contribution is 2.32. The number of nitro groups is 1. The van der Waals surface area contributed by atoms with E-state index in [1.807, 2.05) is 19.9 Å². The lowest BCUT2D eigenvalue weighted by molar-refractivity contribution is -0.384. The van der Waals surface area contributed by atoms with Gasteiger partial charge in [0.15, 0.2) is 0 Å². The number of hydrogen-bond acceptors (Lipinski definition) is 6. The van der Waals surface area contributed by atoms with E-state index in [0.717, 1.165) is 0 Å². The molecule has 0 saturated carbocycles. The Morgan fingerprint density at radius 3 is 2.69 bits per heavy atom. The van der Waals surface area contributed by atoms with Crippen LogP contribution in [0.15, 0.2) is 64.6 Å². The van der Waals surface area contributed by atoms with Gasteiger partial charge in [-0.25, -0.2) is 0 Å². The number of carbonyl (C=O) groups excluding carboxylic acids is 1. The molecule has 1 heterocycles. The molecule has 162 valence electrons. The van der Waals surface area contributed by atoms with E-state index in [1.165, 1.54) is 24.3 Å². The van der Waals surface area contributed by atoms with Crippen LogP contribution in [0.2, 0.25) is 5.02 Å². The van der Waals surface area contributed by atoms with E-state index in [4.69, 9.17) is 20.8 Å². The Balaban J connectivity index is 1.79. The van der Waals surface area contributed by atoms with Crippen LogP contribution in [0.5, 0.6) is 5.75 Å². The number of carbonyl (C=O) groups is 1. The predicted octanol–water partition coefficient (Wildman–Crippen LogP) is 5.84. The zero-order valence-electron chi connectivity index (χ0n) is 17.2. The van der Waals surface area contributed by atoms with Gasteiger partial charge in [0.1, 0.15) is 28.9 Å². The van der Waals surface area contributed by atoms with Crippen LogP contribution in [0.25, 0.3) is 17.4 Å². The smallest absolute Gasteiger partial charge is 0.270 e. The number of benzene rings is 2. The van der Waals surface area contributed by atoms with E-state index in [2.05, 4.69) is 5.32 Å². The Kier molecular flexibility index (Phi) is 6.93. The predicted molar refractivity (Wildman–Crippen MR) is 120 cm³/mol. The molecule has 0 bridgehead atoms. The maximum atomic E-state index is 12.5. The molecular weight excluding hydrogens is 434 g/mol. The van der Waals surface area contributed by atoms with Gasteiger partial charge >= 0.3 is 0 Å². The molecule has 0 aliphatic rings. The minimum absolute atomic E-state index is 0.0204. The molecule has 2 aromatic carbocycles. The molecule has 1 N–H and O–H groups in total. The summed E-state index contributed by atoms with van der Waals surface area (Å²) in [5, 5.41) is 23.1. The molecule has 0 spiro atoms. The zero-order chi connectivity index (χ0) is 23.3. The highest BCUT2D eigenvalue weighted by molar-refractivity contribution is 6.33.